The van der Waals surface area contributed by atoms with E-state index in [2.05, 4.69) is 4.98 Å². The quantitative estimate of drug-likeness (QED) is 0.395. The van der Waals surface area contributed by atoms with E-state index in [0.717, 1.165) is 0 Å². The zero-order chi connectivity index (χ0) is 26.1. The molecule has 0 saturated carbocycles. The normalized spacial score (nSPS) is 27.6. The zero-order valence-corrected chi connectivity index (χ0v) is 19.6. The number of carbonyl (C=O) groups excluding carboxylic acids is 3. The number of amides is 1. The summed E-state index contributed by atoms with van der Waals surface area (Å²) in [6.07, 6.45) is 1.84. The molecule has 6 N–H and O–H groups in total. The number of aliphatic hydroxyl groups is 3. The highest BCUT2D eigenvalue weighted by atomic mass is 16.3. The van der Waals surface area contributed by atoms with Crippen molar-refractivity contribution in [2.45, 2.75) is 24.5 Å². The maximum absolute atomic E-state index is 13.7. The van der Waals surface area contributed by atoms with Gasteiger partial charge in [-0.1, -0.05) is 6.07 Å². The molecule has 10 nitrogen and oxygen atoms in total. The van der Waals surface area contributed by atoms with Gasteiger partial charge in [0.15, 0.2) is 11.4 Å². The van der Waals surface area contributed by atoms with Gasteiger partial charge in [-0.25, -0.2) is 0 Å². The summed E-state index contributed by atoms with van der Waals surface area (Å²) in [5, 5.41) is 44.4. The molecule has 1 aromatic heterocycles. The number of phenolic OH excluding ortho intramolecular Hbond substituents is 1. The smallest absolute Gasteiger partial charge is 0.255 e. The number of nitrogens with zero attached hydrogens (tertiary/aromatic N) is 2. The number of rotatable bonds is 3. The van der Waals surface area contributed by atoms with Crippen LogP contribution >= 0.6 is 0 Å². The van der Waals surface area contributed by atoms with Crippen molar-refractivity contribution in [1.29, 1.82) is 0 Å². The van der Waals surface area contributed by atoms with Crippen molar-refractivity contribution in [3.63, 3.8) is 0 Å². The number of benzene rings is 1. The summed E-state index contributed by atoms with van der Waals surface area (Å²) < 4.78 is 0. The second-order valence-corrected chi connectivity index (χ2v) is 9.66. The predicted molar refractivity (Wildman–Crippen MR) is 127 cm³/mol. The molecule has 5 rings (SSSR count). The van der Waals surface area contributed by atoms with E-state index in [9.17, 15) is 34.8 Å². The lowest BCUT2D eigenvalue weighted by molar-refractivity contribution is -0.148. The molecule has 4 atom stereocenters. The standard InChI is InChI=1S/C26H25N3O7/c1-29(2)20-14-10-11-9-13-12(15-5-3-4-8-28-15)6-7-16(30)18(13)21(31)17(11)23(33)26(14,36)24(34)19(22(20)32)25(27)35/h3-8,11,14,20,30,32-33,36H,9-10H2,1-2H3,(H2,27,35). The number of carbonyl (C=O) groups is 3. The van der Waals surface area contributed by atoms with Gasteiger partial charge in [0.05, 0.1) is 17.3 Å². The molecule has 2 aromatic rings. The number of primary amides is 1. The number of Topliss-reactive ketones (excluding diaryl/α,β-unsaturated/α-hetero) is 2. The number of aliphatic hydroxyl groups excluding tert-OH is 2. The summed E-state index contributed by atoms with van der Waals surface area (Å²) >= 11 is 0. The minimum Gasteiger partial charge on any atom is -0.510 e. The SMILES string of the molecule is CN(C)C1C(O)=C(C(N)=O)C(=O)C2(O)C(O)=C3C(=O)c4c(O)ccc(-c5ccccn5)c4CC3CC12. The average molecular weight is 492 g/mol. The maximum Gasteiger partial charge on any atom is 0.255 e. The molecule has 10 heteroatoms. The predicted octanol–water partition coefficient (Wildman–Crippen LogP) is 1.18. The second-order valence-electron chi connectivity index (χ2n) is 9.66. The van der Waals surface area contributed by atoms with Crippen molar-refractivity contribution < 1.29 is 34.8 Å². The first-order valence-electron chi connectivity index (χ1n) is 11.4. The van der Waals surface area contributed by atoms with E-state index in [-0.39, 0.29) is 29.7 Å². The molecule has 186 valence electrons. The van der Waals surface area contributed by atoms with Gasteiger partial charge in [0, 0.05) is 23.3 Å². The van der Waals surface area contributed by atoms with E-state index in [0.29, 0.717) is 16.8 Å². The fourth-order valence-electron chi connectivity index (χ4n) is 6.01. The molecule has 1 aromatic carbocycles. The van der Waals surface area contributed by atoms with Crippen LogP contribution in [0.2, 0.25) is 0 Å². The molecule has 0 fully saturated rings. The van der Waals surface area contributed by atoms with Gasteiger partial charge in [-0.2, -0.15) is 0 Å². The van der Waals surface area contributed by atoms with E-state index in [4.69, 9.17) is 5.73 Å². The van der Waals surface area contributed by atoms with Crippen LogP contribution < -0.4 is 5.73 Å². The summed E-state index contributed by atoms with van der Waals surface area (Å²) in [5.41, 5.74) is 3.39. The minimum atomic E-state index is -2.65. The molecule has 36 heavy (non-hydrogen) atoms. The first-order chi connectivity index (χ1) is 17.0. The van der Waals surface area contributed by atoms with Crippen molar-refractivity contribution in [2.75, 3.05) is 14.1 Å². The number of aromatic hydroxyl groups is 1. The summed E-state index contributed by atoms with van der Waals surface area (Å²) in [5.74, 6) is -6.74. The first kappa shape index (κ1) is 23.7. The van der Waals surface area contributed by atoms with Crippen LogP contribution in [-0.2, 0) is 16.0 Å². The zero-order valence-electron chi connectivity index (χ0n) is 19.6. The number of aromatic nitrogens is 1. The molecular weight excluding hydrogens is 466 g/mol. The van der Waals surface area contributed by atoms with E-state index >= 15 is 0 Å². The van der Waals surface area contributed by atoms with Gasteiger partial charge in [0.25, 0.3) is 5.91 Å². The lowest BCUT2D eigenvalue weighted by Gasteiger charge is -2.50. The van der Waals surface area contributed by atoms with Crippen LogP contribution in [-0.4, -0.2) is 73.5 Å². The Morgan fingerprint density at radius 1 is 1.14 bits per heavy atom. The Balaban J connectivity index is 1.73. The fourth-order valence-corrected chi connectivity index (χ4v) is 6.01. The lowest BCUT2D eigenvalue weighted by atomic mass is 9.58. The van der Waals surface area contributed by atoms with Gasteiger partial charge in [-0.05, 0) is 62.7 Å². The van der Waals surface area contributed by atoms with Gasteiger partial charge in [0.2, 0.25) is 5.78 Å². The molecule has 3 aliphatic carbocycles. The van der Waals surface area contributed by atoms with Crippen LogP contribution in [0.5, 0.6) is 5.75 Å². The molecule has 0 saturated heterocycles. The first-order valence-corrected chi connectivity index (χ1v) is 11.4. The topological polar surface area (TPSA) is 174 Å². The summed E-state index contributed by atoms with van der Waals surface area (Å²) in [6.45, 7) is 0. The van der Waals surface area contributed by atoms with Crippen LogP contribution in [0, 0.1) is 11.8 Å². The average Bonchev–Trinajstić information content (AvgIpc) is 2.81. The monoisotopic (exact) mass is 491 g/mol. The highest BCUT2D eigenvalue weighted by Crippen LogP contribution is 2.52. The Labute approximate surface area is 206 Å². The molecule has 0 spiro atoms. The number of allylic oxidation sites excluding steroid dienone is 1. The number of nitrogens with two attached hydrogens (primary N) is 1. The number of fused-ring (bicyclic) bond motifs is 3. The summed E-state index contributed by atoms with van der Waals surface area (Å²) in [4.78, 5) is 44.9. The number of ketones is 2. The second kappa shape index (κ2) is 8.00. The molecule has 1 amide bonds. The van der Waals surface area contributed by atoms with E-state index in [1.807, 2.05) is 0 Å². The van der Waals surface area contributed by atoms with Crippen molar-refractivity contribution in [3.05, 3.63) is 70.3 Å². The van der Waals surface area contributed by atoms with Gasteiger partial charge in [-0.15, -0.1) is 0 Å². The summed E-state index contributed by atoms with van der Waals surface area (Å²) in [7, 11) is 3.18. The Bertz CT molecular complexity index is 1400. The highest BCUT2D eigenvalue weighted by Gasteiger charge is 2.63. The number of phenols is 1. The van der Waals surface area contributed by atoms with Crippen molar-refractivity contribution in [2.24, 2.45) is 17.6 Å². The van der Waals surface area contributed by atoms with Crippen LogP contribution in [0.25, 0.3) is 11.3 Å². The lowest BCUT2D eigenvalue weighted by Crippen LogP contribution is -2.63. The van der Waals surface area contributed by atoms with Gasteiger partial charge in [0.1, 0.15) is 22.8 Å². The third-order valence-corrected chi connectivity index (χ3v) is 7.55. The Morgan fingerprint density at radius 2 is 1.86 bits per heavy atom. The van der Waals surface area contributed by atoms with Crippen LogP contribution in [0.4, 0.5) is 0 Å². The molecule has 3 aliphatic rings. The van der Waals surface area contributed by atoms with Gasteiger partial charge < -0.3 is 26.2 Å². The van der Waals surface area contributed by atoms with E-state index in [1.165, 1.54) is 11.0 Å². The minimum absolute atomic E-state index is 0.0308. The third kappa shape index (κ3) is 3.04. The number of hydrogen-bond donors (Lipinski definition) is 5. The van der Waals surface area contributed by atoms with Gasteiger partial charge in [-0.3, -0.25) is 24.3 Å². The fraction of sp³-hybridized carbons (Fsp3) is 0.308. The Hall–Kier alpha value is -4.02. The maximum atomic E-state index is 13.7. The number of hydrogen-bond acceptors (Lipinski definition) is 9. The summed E-state index contributed by atoms with van der Waals surface area (Å²) in [6, 6.07) is 7.32. The Kier molecular flexibility index (Phi) is 5.27. The highest BCUT2D eigenvalue weighted by molar-refractivity contribution is 6.24. The molecular formula is C26H25N3O7. The number of pyridine rings is 1. The van der Waals surface area contributed by atoms with E-state index < -0.39 is 58.0 Å². The molecule has 0 aliphatic heterocycles. The van der Waals surface area contributed by atoms with Crippen LogP contribution in [0.3, 0.4) is 0 Å². The third-order valence-electron chi connectivity index (χ3n) is 7.55. The molecule has 0 bridgehead atoms. The molecule has 4 unspecified atom stereocenters. The molecule has 0 radical (unpaired) electrons. The van der Waals surface area contributed by atoms with E-state index in [1.54, 1.807) is 44.6 Å². The van der Waals surface area contributed by atoms with Crippen LogP contribution in [0.1, 0.15) is 22.3 Å². The van der Waals surface area contributed by atoms with Crippen molar-refractivity contribution >= 4 is 17.5 Å². The number of likely N-dealkylation sites (N-methyl/N-ethyl adjacent to an activating group) is 1. The van der Waals surface area contributed by atoms with Gasteiger partial charge >= 0.3 is 0 Å². The van der Waals surface area contributed by atoms with Crippen LogP contribution in [0.15, 0.2) is 59.2 Å². The van der Waals surface area contributed by atoms with Crippen molar-refractivity contribution in [3.8, 4) is 17.0 Å². The largest absolute Gasteiger partial charge is 0.510 e. The van der Waals surface area contributed by atoms with Crippen molar-refractivity contribution in [1.82, 2.24) is 9.88 Å². The molecule has 1 heterocycles. The Morgan fingerprint density at radius 3 is 2.47 bits per heavy atom.